The molecule has 0 heterocycles. The number of benzene rings is 2. The number of esters is 1. The molecule has 0 aromatic heterocycles. The first-order valence-corrected chi connectivity index (χ1v) is 8.41. The van der Waals surface area contributed by atoms with Crippen LogP contribution in [0.5, 0.6) is 0 Å². The predicted molar refractivity (Wildman–Crippen MR) is 99.6 cm³/mol. The van der Waals surface area contributed by atoms with Gasteiger partial charge in [0.05, 0.1) is 0 Å². The molecular weight excluding hydrogens is 349 g/mol. The Morgan fingerprint density at radius 3 is 2.44 bits per heavy atom. The second kappa shape index (κ2) is 10.0. The highest BCUT2D eigenvalue weighted by Crippen LogP contribution is 2.09. The summed E-state index contributed by atoms with van der Waals surface area (Å²) < 4.78 is 18.3. The van der Waals surface area contributed by atoms with Crippen LogP contribution in [0.15, 0.2) is 54.6 Å². The van der Waals surface area contributed by atoms with E-state index in [1.807, 2.05) is 0 Å². The van der Waals surface area contributed by atoms with Crippen LogP contribution in [-0.2, 0) is 20.7 Å². The van der Waals surface area contributed by atoms with Gasteiger partial charge in [-0.3, -0.25) is 9.59 Å². The molecule has 1 amide bonds. The Morgan fingerprint density at radius 2 is 1.78 bits per heavy atom. The molecule has 0 aliphatic rings. The molecule has 27 heavy (non-hydrogen) atoms. The van der Waals surface area contributed by atoms with Crippen LogP contribution >= 0.6 is 0 Å². The van der Waals surface area contributed by atoms with Crippen molar-refractivity contribution in [3.8, 4) is 0 Å². The van der Waals surface area contributed by atoms with Crippen LogP contribution in [0.1, 0.15) is 28.4 Å². The van der Waals surface area contributed by atoms with Gasteiger partial charge >= 0.3 is 5.97 Å². The normalized spacial score (nSPS) is 10.6. The van der Waals surface area contributed by atoms with Gasteiger partial charge in [0.15, 0.2) is 12.4 Å². The van der Waals surface area contributed by atoms with Gasteiger partial charge < -0.3 is 10.1 Å². The van der Waals surface area contributed by atoms with Crippen LogP contribution in [0.4, 0.5) is 4.39 Å². The maximum absolute atomic E-state index is 13.4. The number of halogens is 1. The highest BCUT2D eigenvalue weighted by Gasteiger charge is 2.09. The molecule has 1 N–H and O–H groups in total. The number of carbonyl (C=O) groups excluding carboxylic acids is 3. The van der Waals surface area contributed by atoms with Crippen molar-refractivity contribution in [1.29, 1.82) is 0 Å². The fourth-order valence-corrected chi connectivity index (χ4v) is 2.28. The number of hydrogen-bond donors (Lipinski definition) is 1. The molecular formula is C21H20FNO4. The molecule has 140 valence electrons. The minimum Gasteiger partial charge on any atom is -0.454 e. The van der Waals surface area contributed by atoms with Crippen molar-refractivity contribution in [3.05, 3.63) is 77.1 Å². The van der Waals surface area contributed by atoms with E-state index >= 15 is 0 Å². The second-order valence-electron chi connectivity index (χ2n) is 5.82. The Balaban J connectivity index is 1.81. The van der Waals surface area contributed by atoms with Gasteiger partial charge in [-0.15, -0.1) is 0 Å². The first-order chi connectivity index (χ1) is 13.0. The lowest BCUT2D eigenvalue weighted by atomic mass is 10.1. The fourth-order valence-electron chi connectivity index (χ4n) is 2.28. The van der Waals surface area contributed by atoms with Crippen LogP contribution in [-0.4, -0.2) is 30.8 Å². The fraction of sp³-hybridized carbons (Fsp3) is 0.190. The highest BCUT2D eigenvalue weighted by molar-refractivity contribution is 5.98. The predicted octanol–water partition coefficient (Wildman–Crippen LogP) is 2.94. The van der Waals surface area contributed by atoms with Crippen LogP contribution < -0.4 is 5.32 Å². The van der Waals surface area contributed by atoms with Gasteiger partial charge in [-0.2, -0.15) is 0 Å². The number of Topliss-reactive ketones (excluding diaryl/α,β-unsaturated/α-hetero) is 1. The third-order valence-corrected chi connectivity index (χ3v) is 3.71. The summed E-state index contributed by atoms with van der Waals surface area (Å²) in [6.45, 7) is 1.58. The van der Waals surface area contributed by atoms with Crippen LogP contribution in [0.2, 0.25) is 0 Å². The summed E-state index contributed by atoms with van der Waals surface area (Å²) in [5, 5.41) is 2.70. The number of ether oxygens (including phenoxy) is 1. The van der Waals surface area contributed by atoms with E-state index in [-0.39, 0.29) is 17.3 Å². The number of nitrogens with one attached hydrogen (secondary N) is 1. The number of amides is 1. The van der Waals surface area contributed by atoms with Crippen molar-refractivity contribution in [1.82, 2.24) is 5.32 Å². The zero-order chi connectivity index (χ0) is 19.6. The van der Waals surface area contributed by atoms with Crippen molar-refractivity contribution in [2.24, 2.45) is 0 Å². The first-order valence-electron chi connectivity index (χ1n) is 8.41. The quantitative estimate of drug-likeness (QED) is 0.441. The van der Waals surface area contributed by atoms with Crippen molar-refractivity contribution in [2.75, 3.05) is 13.2 Å². The monoisotopic (exact) mass is 369 g/mol. The number of carbonyl (C=O) groups is 3. The van der Waals surface area contributed by atoms with E-state index in [1.54, 1.807) is 36.4 Å². The molecule has 2 rings (SSSR count). The largest absolute Gasteiger partial charge is 0.454 e. The molecule has 0 fully saturated rings. The van der Waals surface area contributed by atoms with E-state index in [4.69, 9.17) is 4.74 Å². The van der Waals surface area contributed by atoms with Gasteiger partial charge in [0.2, 0.25) is 5.91 Å². The summed E-state index contributed by atoms with van der Waals surface area (Å²) in [5.74, 6) is -1.60. The van der Waals surface area contributed by atoms with E-state index < -0.39 is 18.4 Å². The van der Waals surface area contributed by atoms with Gasteiger partial charge in [-0.25, -0.2) is 9.18 Å². The molecule has 6 heteroatoms. The molecule has 0 radical (unpaired) electrons. The summed E-state index contributed by atoms with van der Waals surface area (Å²) in [6, 6.07) is 12.9. The molecule has 5 nitrogen and oxygen atoms in total. The molecule has 0 saturated heterocycles. The SMILES string of the molecule is CC(=O)NCCc1ccc(C(=O)COC(=O)/C=C/c2ccccc2F)cc1. The van der Waals surface area contributed by atoms with Gasteiger partial charge in [-0.05, 0) is 24.1 Å². The Kier molecular flexibility index (Phi) is 7.43. The Bertz CT molecular complexity index is 844. The molecule has 0 saturated carbocycles. The van der Waals surface area contributed by atoms with Crippen LogP contribution in [0.25, 0.3) is 6.08 Å². The zero-order valence-electron chi connectivity index (χ0n) is 14.9. The minimum absolute atomic E-state index is 0.0901. The van der Waals surface area contributed by atoms with E-state index in [2.05, 4.69) is 5.32 Å². The highest BCUT2D eigenvalue weighted by atomic mass is 19.1. The average molecular weight is 369 g/mol. The van der Waals surface area contributed by atoms with Crippen LogP contribution in [0, 0.1) is 5.82 Å². The van der Waals surface area contributed by atoms with Crippen molar-refractivity contribution >= 4 is 23.7 Å². The topological polar surface area (TPSA) is 72.5 Å². The first kappa shape index (κ1) is 20.0. The molecule has 2 aromatic carbocycles. The molecule has 2 aromatic rings. The molecule has 0 spiro atoms. The number of ketones is 1. The van der Waals surface area contributed by atoms with Gasteiger partial charge in [0, 0.05) is 30.7 Å². The van der Waals surface area contributed by atoms with Crippen molar-refractivity contribution in [3.63, 3.8) is 0 Å². The van der Waals surface area contributed by atoms with E-state index in [9.17, 15) is 18.8 Å². The van der Waals surface area contributed by atoms with Crippen LogP contribution in [0.3, 0.4) is 0 Å². The Labute approximate surface area is 156 Å². The van der Waals surface area contributed by atoms with Gasteiger partial charge in [0.1, 0.15) is 5.82 Å². The molecule has 0 atom stereocenters. The maximum Gasteiger partial charge on any atom is 0.331 e. The third kappa shape index (κ3) is 6.86. The summed E-state index contributed by atoms with van der Waals surface area (Å²) in [5.41, 5.74) is 1.66. The third-order valence-electron chi connectivity index (χ3n) is 3.71. The van der Waals surface area contributed by atoms with E-state index in [0.717, 1.165) is 11.6 Å². The summed E-state index contributed by atoms with van der Waals surface area (Å²) >= 11 is 0. The molecule has 0 aliphatic heterocycles. The van der Waals surface area contributed by atoms with E-state index in [1.165, 1.54) is 25.1 Å². The van der Waals surface area contributed by atoms with Gasteiger partial charge in [0.25, 0.3) is 0 Å². The summed E-state index contributed by atoms with van der Waals surface area (Å²) in [7, 11) is 0. The molecule has 0 unspecified atom stereocenters. The summed E-state index contributed by atoms with van der Waals surface area (Å²) in [6.07, 6.45) is 3.03. The average Bonchev–Trinajstić information content (AvgIpc) is 2.65. The summed E-state index contributed by atoms with van der Waals surface area (Å²) in [4.78, 5) is 34.6. The number of rotatable bonds is 8. The lowest BCUT2D eigenvalue weighted by molar-refractivity contribution is -0.136. The molecule has 0 aliphatic carbocycles. The maximum atomic E-state index is 13.4. The van der Waals surface area contributed by atoms with Crippen molar-refractivity contribution in [2.45, 2.75) is 13.3 Å². The van der Waals surface area contributed by atoms with Crippen molar-refractivity contribution < 1.29 is 23.5 Å². The lowest BCUT2D eigenvalue weighted by Gasteiger charge is -2.05. The Morgan fingerprint density at radius 1 is 1.07 bits per heavy atom. The number of hydrogen-bond acceptors (Lipinski definition) is 4. The van der Waals surface area contributed by atoms with Gasteiger partial charge in [-0.1, -0.05) is 42.5 Å². The molecule has 0 bridgehead atoms. The smallest absolute Gasteiger partial charge is 0.331 e. The Hall–Kier alpha value is -3.28. The standard InChI is InChI=1S/C21H20FNO4/c1-15(24)23-13-12-16-6-8-18(9-7-16)20(25)14-27-21(26)11-10-17-4-2-3-5-19(17)22/h2-11H,12-14H2,1H3,(H,23,24)/b11-10+. The zero-order valence-corrected chi connectivity index (χ0v) is 14.9. The van der Waals surface area contributed by atoms with E-state index in [0.29, 0.717) is 18.5 Å². The second-order valence-corrected chi connectivity index (χ2v) is 5.82. The minimum atomic E-state index is -0.724. The lowest BCUT2D eigenvalue weighted by Crippen LogP contribution is -2.22.